The predicted octanol–water partition coefficient (Wildman–Crippen LogP) is 1.83. The molecule has 4 rings (SSSR count). The van der Waals surface area contributed by atoms with Gasteiger partial charge in [0.2, 0.25) is 11.8 Å². The molecular formula is C23H24N6O3. The lowest BCUT2D eigenvalue weighted by molar-refractivity contribution is -0.123. The van der Waals surface area contributed by atoms with Crippen LogP contribution in [0.5, 0.6) is 0 Å². The smallest absolute Gasteiger partial charge is 0.254 e. The van der Waals surface area contributed by atoms with Crippen molar-refractivity contribution in [2.75, 3.05) is 11.9 Å². The van der Waals surface area contributed by atoms with E-state index in [2.05, 4.69) is 20.7 Å². The summed E-state index contributed by atoms with van der Waals surface area (Å²) >= 11 is 0. The summed E-state index contributed by atoms with van der Waals surface area (Å²) in [5.74, 6) is -1.14. The van der Waals surface area contributed by atoms with Crippen LogP contribution in [0.1, 0.15) is 40.2 Å². The molecule has 32 heavy (non-hydrogen) atoms. The average molecular weight is 432 g/mol. The number of carbonyl (C=O) groups is 3. The van der Waals surface area contributed by atoms with Gasteiger partial charge in [0, 0.05) is 56.3 Å². The number of anilines is 1. The van der Waals surface area contributed by atoms with E-state index in [1.165, 1.54) is 6.92 Å². The summed E-state index contributed by atoms with van der Waals surface area (Å²) in [6.07, 6.45) is 3.52. The summed E-state index contributed by atoms with van der Waals surface area (Å²) in [6, 6.07) is 12.2. The highest BCUT2D eigenvalue weighted by Gasteiger charge is 2.35. The summed E-state index contributed by atoms with van der Waals surface area (Å²) in [7, 11) is 1.80. The molecule has 0 saturated carbocycles. The monoisotopic (exact) mass is 432 g/mol. The molecule has 0 radical (unpaired) electrons. The number of nitrogens with zero attached hydrogens (tertiary/aromatic N) is 4. The second-order valence-electron chi connectivity index (χ2n) is 7.75. The highest BCUT2D eigenvalue weighted by Crippen LogP contribution is 2.28. The molecule has 2 N–H and O–H groups in total. The number of hydrogen-bond donors (Lipinski definition) is 2. The fourth-order valence-electron chi connectivity index (χ4n) is 3.79. The van der Waals surface area contributed by atoms with E-state index in [4.69, 9.17) is 0 Å². The number of benzene rings is 1. The molecule has 3 amide bonds. The third-order valence-electron chi connectivity index (χ3n) is 5.26. The van der Waals surface area contributed by atoms with Crippen LogP contribution in [0, 0.1) is 0 Å². The standard InChI is InChI=1S/C23H24N6O3/c1-15(30)26-18-8-6-16(7-9-18)23(32)29-13-17-12-28(2)27-21(17)20(14-29)22(31)25-11-19-5-3-4-10-24-19/h3-10,12,20H,11,13-14H2,1-2H3,(H,25,31)(H,26,30)/t20-/m1/s1. The summed E-state index contributed by atoms with van der Waals surface area (Å²) in [6.45, 7) is 2.33. The van der Waals surface area contributed by atoms with Crippen LogP contribution in [-0.4, -0.2) is 43.9 Å². The third-order valence-corrected chi connectivity index (χ3v) is 5.26. The number of carbonyl (C=O) groups excluding carboxylic acids is 3. The van der Waals surface area contributed by atoms with Crippen molar-refractivity contribution in [3.63, 3.8) is 0 Å². The number of nitrogens with one attached hydrogen (secondary N) is 2. The number of amides is 3. The Morgan fingerprint density at radius 3 is 2.59 bits per heavy atom. The van der Waals surface area contributed by atoms with Crippen LogP contribution in [0.15, 0.2) is 54.9 Å². The first kappa shape index (κ1) is 21.2. The second-order valence-corrected chi connectivity index (χ2v) is 7.75. The number of aromatic nitrogens is 3. The minimum absolute atomic E-state index is 0.177. The van der Waals surface area contributed by atoms with Crippen molar-refractivity contribution in [2.24, 2.45) is 7.05 Å². The van der Waals surface area contributed by atoms with E-state index in [1.807, 2.05) is 24.4 Å². The van der Waals surface area contributed by atoms with Crippen molar-refractivity contribution in [3.05, 3.63) is 77.4 Å². The van der Waals surface area contributed by atoms with Crippen LogP contribution < -0.4 is 10.6 Å². The van der Waals surface area contributed by atoms with Gasteiger partial charge >= 0.3 is 0 Å². The third kappa shape index (κ3) is 4.66. The molecule has 0 unspecified atom stereocenters. The molecule has 164 valence electrons. The first-order valence-electron chi connectivity index (χ1n) is 10.3. The van der Waals surface area contributed by atoms with Gasteiger partial charge < -0.3 is 15.5 Å². The molecular weight excluding hydrogens is 408 g/mol. The first-order valence-corrected chi connectivity index (χ1v) is 10.3. The second kappa shape index (κ2) is 9.01. The molecule has 0 spiro atoms. The summed E-state index contributed by atoms with van der Waals surface area (Å²) in [5.41, 5.74) is 3.40. The minimum atomic E-state index is -0.578. The fraction of sp³-hybridized carbons (Fsp3) is 0.261. The minimum Gasteiger partial charge on any atom is -0.350 e. The summed E-state index contributed by atoms with van der Waals surface area (Å²) in [4.78, 5) is 43.3. The summed E-state index contributed by atoms with van der Waals surface area (Å²) < 4.78 is 1.67. The molecule has 3 aromatic rings. The molecule has 1 aliphatic rings. The van der Waals surface area contributed by atoms with E-state index in [0.717, 1.165) is 11.3 Å². The average Bonchev–Trinajstić information content (AvgIpc) is 3.17. The van der Waals surface area contributed by atoms with Gasteiger partial charge in [0.15, 0.2) is 0 Å². The van der Waals surface area contributed by atoms with E-state index in [-0.39, 0.29) is 24.3 Å². The van der Waals surface area contributed by atoms with Crippen molar-refractivity contribution >= 4 is 23.4 Å². The Balaban J connectivity index is 1.51. The maximum absolute atomic E-state index is 13.2. The number of fused-ring (bicyclic) bond motifs is 1. The zero-order valence-corrected chi connectivity index (χ0v) is 17.9. The Hall–Kier alpha value is -4.01. The molecule has 0 aliphatic carbocycles. The highest BCUT2D eigenvalue weighted by atomic mass is 16.2. The van der Waals surface area contributed by atoms with Gasteiger partial charge in [-0.2, -0.15) is 5.10 Å². The van der Waals surface area contributed by atoms with Crippen LogP contribution in [-0.2, 0) is 29.7 Å². The zero-order chi connectivity index (χ0) is 22.7. The van der Waals surface area contributed by atoms with E-state index >= 15 is 0 Å². The lowest BCUT2D eigenvalue weighted by Crippen LogP contribution is -2.43. The number of aryl methyl sites for hydroxylation is 1. The topological polar surface area (TPSA) is 109 Å². The van der Waals surface area contributed by atoms with Crippen molar-refractivity contribution in [3.8, 4) is 0 Å². The molecule has 9 heteroatoms. The van der Waals surface area contributed by atoms with Crippen molar-refractivity contribution < 1.29 is 14.4 Å². The molecule has 9 nitrogen and oxygen atoms in total. The molecule has 0 fully saturated rings. The maximum Gasteiger partial charge on any atom is 0.254 e. The normalized spacial score (nSPS) is 15.1. The number of pyridine rings is 1. The number of rotatable bonds is 5. The lowest BCUT2D eigenvalue weighted by Gasteiger charge is -2.31. The van der Waals surface area contributed by atoms with Gasteiger partial charge in [0.1, 0.15) is 0 Å². The van der Waals surface area contributed by atoms with Crippen molar-refractivity contribution in [1.29, 1.82) is 0 Å². The van der Waals surface area contributed by atoms with Crippen LogP contribution in [0.4, 0.5) is 5.69 Å². The van der Waals surface area contributed by atoms with Gasteiger partial charge in [-0.15, -0.1) is 0 Å². The zero-order valence-electron chi connectivity index (χ0n) is 17.9. The predicted molar refractivity (Wildman–Crippen MR) is 118 cm³/mol. The van der Waals surface area contributed by atoms with E-state index in [0.29, 0.717) is 30.0 Å². The molecule has 1 aromatic carbocycles. The molecule has 2 aromatic heterocycles. The Bertz CT molecular complexity index is 1140. The Morgan fingerprint density at radius 1 is 1.12 bits per heavy atom. The van der Waals surface area contributed by atoms with Crippen molar-refractivity contribution in [1.82, 2.24) is 25.0 Å². The van der Waals surface area contributed by atoms with Crippen LogP contribution in [0.2, 0.25) is 0 Å². The van der Waals surface area contributed by atoms with Crippen molar-refractivity contribution in [2.45, 2.75) is 25.9 Å². The fourth-order valence-corrected chi connectivity index (χ4v) is 3.79. The van der Waals surface area contributed by atoms with Crippen LogP contribution in [0.25, 0.3) is 0 Å². The van der Waals surface area contributed by atoms with Crippen LogP contribution >= 0.6 is 0 Å². The van der Waals surface area contributed by atoms with Gasteiger partial charge in [-0.1, -0.05) is 6.07 Å². The largest absolute Gasteiger partial charge is 0.350 e. The highest BCUT2D eigenvalue weighted by molar-refractivity contribution is 5.96. The van der Waals surface area contributed by atoms with Gasteiger partial charge in [0.05, 0.1) is 23.9 Å². The van der Waals surface area contributed by atoms with E-state index in [1.54, 1.807) is 47.1 Å². The van der Waals surface area contributed by atoms with Gasteiger partial charge in [-0.3, -0.25) is 24.0 Å². The quantitative estimate of drug-likeness (QED) is 0.639. The van der Waals surface area contributed by atoms with E-state index in [9.17, 15) is 14.4 Å². The van der Waals surface area contributed by atoms with Gasteiger partial charge in [0.25, 0.3) is 5.91 Å². The Labute approximate surface area is 185 Å². The first-order chi connectivity index (χ1) is 15.4. The molecule has 3 heterocycles. The number of hydrogen-bond acceptors (Lipinski definition) is 5. The molecule has 1 aliphatic heterocycles. The van der Waals surface area contributed by atoms with Crippen LogP contribution in [0.3, 0.4) is 0 Å². The lowest BCUT2D eigenvalue weighted by atomic mass is 9.95. The summed E-state index contributed by atoms with van der Waals surface area (Å²) in [5, 5.41) is 10.1. The SMILES string of the molecule is CC(=O)Nc1ccc(C(=O)N2Cc3cn(C)nc3[C@H](C(=O)NCc3ccccn3)C2)cc1. The molecule has 0 bridgehead atoms. The Kier molecular flexibility index (Phi) is 5.98. The van der Waals surface area contributed by atoms with Gasteiger partial charge in [-0.05, 0) is 36.4 Å². The molecule has 1 atom stereocenters. The molecule has 0 saturated heterocycles. The van der Waals surface area contributed by atoms with Gasteiger partial charge in [-0.25, -0.2) is 0 Å². The Morgan fingerprint density at radius 2 is 1.91 bits per heavy atom. The maximum atomic E-state index is 13.2. The van der Waals surface area contributed by atoms with E-state index < -0.39 is 5.92 Å².